The minimum atomic E-state index is -0.785. The van der Waals surface area contributed by atoms with E-state index in [1.54, 1.807) is 18.7 Å². The Labute approximate surface area is 95.1 Å². The second-order valence-corrected chi connectivity index (χ2v) is 4.98. The lowest BCUT2D eigenvalue weighted by Gasteiger charge is -2.42. The lowest BCUT2D eigenvalue weighted by Crippen LogP contribution is -2.66. The molecule has 1 unspecified atom stereocenters. The molecule has 0 aliphatic carbocycles. The molecule has 1 N–H and O–H groups in total. The van der Waals surface area contributed by atoms with Gasteiger partial charge in [-0.05, 0) is 26.7 Å². The highest BCUT2D eigenvalue weighted by Gasteiger charge is 2.42. The van der Waals surface area contributed by atoms with Gasteiger partial charge in [-0.15, -0.1) is 0 Å². The van der Waals surface area contributed by atoms with E-state index in [4.69, 9.17) is 4.74 Å². The maximum atomic E-state index is 12.1. The Hall–Kier alpha value is -1.10. The van der Waals surface area contributed by atoms with Crippen molar-refractivity contribution >= 4 is 11.8 Å². The van der Waals surface area contributed by atoms with E-state index in [1.165, 1.54) is 0 Å². The van der Waals surface area contributed by atoms with Crippen molar-refractivity contribution in [3.63, 3.8) is 0 Å². The number of hydrogen-bond acceptors (Lipinski definition) is 3. The van der Waals surface area contributed by atoms with Crippen molar-refractivity contribution in [1.82, 2.24) is 10.2 Å². The third-order valence-electron chi connectivity index (χ3n) is 3.14. The third-order valence-corrected chi connectivity index (χ3v) is 3.14. The molecule has 0 aromatic heterocycles. The van der Waals surface area contributed by atoms with Crippen LogP contribution in [-0.2, 0) is 14.3 Å². The molecule has 0 bridgehead atoms. The average molecular weight is 226 g/mol. The summed E-state index contributed by atoms with van der Waals surface area (Å²) in [5.74, 6) is -0.0993. The number of amides is 2. The van der Waals surface area contributed by atoms with Gasteiger partial charge in [-0.2, -0.15) is 0 Å². The molecule has 2 heterocycles. The summed E-state index contributed by atoms with van der Waals surface area (Å²) in [5, 5.41) is 2.70. The van der Waals surface area contributed by atoms with E-state index in [9.17, 15) is 9.59 Å². The van der Waals surface area contributed by atoms with Crippen LogP contribution < -0.4 is 5.32 Å². The molecule has 0 aromatic rings. The molecule has 2 aliphatic rings. The standard InChI is InChI=1S/C11H18N2O3/c1-11(2)10(15)13(6-9(14)12-11)8-4-3-5-16-7-8/h8H,3-7H2,1-2H3,(H,12,14). The average Bonchev–Trinajstić information content (AvgIpc) is 2.24. The largest absolute Gasteiger partial charge is 0.379 e. The van der Waals surface area contributed by atoms with Gasteiger partial charge in [-0.3, -0.25) is 9.59 Å². The van der Waals surface area contributed by atoms with Crippen LogP contribution in [0, 0.1) is 0 Å². The first-order chi connectivity index (χ1) is 7.50. The predicted octanol–water partition coefficient (Wildman–Crippen LogP) is -0.0976. The van der Waals surface area contributed by atoms with E-state index < -0.39 is 5.54 Å². The Morgan fingerprint density at radius 1 is 1.44 bits per heavy atom. The number of nitrogens with one attached hydrogen (secondary N) is 1. The van der Waals surface area contributed by atoms with Crippen molar-refractivity contribution < 1.29 is 14.3 Å². The van der Waals surface area contributed by atoms with Crippen LogP contribution in [0.1, 0.15) is 26.7 Å². The number of hydrogen-bond donors (Lipinski definition) is 1. The van der Waals surface area contributed by atoms with Crippen molar-refractivity contribution in [2.24, 2.45) is 0 Å². The second-order valence-electron chi connectivity index (χ2n) is 4.98. The number of piperazine rings is 1. The Bertz CT molecular complexity index is 308. The number of nitrogens with zero attached hydrogens (tertiary/aromatic N) is 1. The minimum Gasteiger partial charge on any atom is -0.379 e. The molecule has 90 valence electrons. The minimum absolute atomic E-state index is 0.0115. The topological polar surface area (TPSA) is 58.6 Å². The lowest BCUT2D eigenvalue weighted by molar-refractivity contribution is -0.153. The zero-order valence-electron chi connectivity index (χ0n) is 9.78. The van der Waals surface area contributed by atoms with E-state index in [1.807, 2.05) is 0 Å². The summed E-state index contributed by atoms with van der Waals surface area (Å²) in [6, 6.07) is 0.0616. The van der Waals surface area contributed by atoms with Gasteiger partial charge >= 0.3 is 0 Å². The van der Waals surface area contributed by atoms with Crippen molar-refractivity contribution in [2.75, 3.05) is 19.8 Å². The van der Waals surface area contributed by atoms with Crippen LogP contribution in [0.5, 0.6) is 0 Å². The summed E-state index contributed by atoms with van der Waals surface area (Å²) in [6.07, 6.45) is 1.88. The first-order valence-corrected chi connectivity index (χ1v) is 5.70. The first kappa shape index (κ1) is 11.4. The molecule has 5 nitrogen and oxygen atoms in total. The van der Waals surface area contributed by atoms with E-state index in [2.05, 4.69) is 5.32 Å². The van der Waals surface area contributed by atoms with Gasteiger partial charge in [0, 0.05) is 6.61 Å². The van der Waals surface area contributed by atoms with Gasteiger partial charge < -0.3 is 15.0 Å². The van der Waals surface area contributed by atoms with Gasteiger partial charge in [0.25, 0.3) is 0 Å². The zero-order chi connectivity index (χ0) is 11.8. The van der Waals surface area contributed by atoms with Crippen LogP contribution in [0.2, 0.25) is 0 Å². The summed E-state index contributed by atoms with van der Waals surface area (Å²) < 4.78 is 5.36. The molecule has 16 heavy (non-hydrogen) atoms. The van der Waals surface area contributed by atoms with Crippen molar-refractivity contribution in [3.8, 4) is 0 Å². The van der Waals surface area contributed by atoms with Crippen LogP contribution in [0.4, 0.5) is 0 Å². The highest BCUT2D eigenvalue weighted by atomic mass is 16.5. The molecule has 1 atom stereocenters. The molecule has 2 saturated heterocycles. The van der Waals surface area contributed by atoms with Crippen molar-refractivity contribution in [3.05, 3.63) is 0 Å². The second kappa shape index (κ2) is 4.05. The van der Waals surface area contributed by atoms with Gasteiger partial charge in [-0.25, -0.2) is 0 Å². The van der Waals surface area contributed by atoms with E-state index >= 15 is 0 Å². The molecular weight excluding hydrogens is 208 g/mol. The first-order valence-electron chi connectivity index (χ1n) is 5.70. The zero-order valence-corrected chi connectivity index (χ0v) is 9.78. The molecule has 2 aliphatic heterocycles. The summed E-state index contributed by atoms with van der Waals surface area (Å²) in [5.41, 5.74) is -0.785. The van der Waals surface area contributed by atoms with Gasteiger partial charge in [-0.1, -0.05) is 0 Å². The molecule has 0 aromatic carbocycles. The van der Waals surface area contributed by atoms with Gasteiger partial charge in [0.2, 0.25) is 11.8 Å². The van der Waals surface area contributed by atoms with Gasteiger partial charge in [0.1, 0.15) is 12.1 Å². The van der Waals surface area contributed by atoms with Crippen LogP contribution in [0.3, 0.4) is 0 Å². The Balaban J connectivity index is 2.12. The van der Waals surface area contributed by atoms with Crippen LogP contribution in [0.25, 0.3) is 0 Å². The normalized spacial score (nSPS) is 30.1. The number of carbonyl (C=O) groups is 2. The molecule has 2 fully saturated rings. The molecule has 0 spiro atoms. The summed E-state index contributed by atoms with van der Waals surface area (Å²) >= 11 is 0. The number of rotatable bonds is 1. The van der Waals surface area contributed by atoms with Crippen LogP contribution >= 0.6 is 0 Å². The summed E-state index contributed by atoms with van der Waals surface area (Å²) in [7, 11) is 0. The quantitative estimate of drug-likeness (QED) is 0.679. The molecule has 2 rings (SSSR count). The highest BCUT2D eigenvalue weighted by Crippen LogP contribution is 2.20. The highest BCUT2D eigenvalue weighted by molar-refractivity contribution is 5.97. The van der Waals surface area contributed by atoms with Gasteiger partial charge in [0.05, 0.1) is 12.6 Å². The SMILES string of the molecule is CC1(C)NC(=O)CN(C2CCCOC2)C1=O. The fourth-order valence-corrected chi connectivity index (χ4v) is 2.29. The maximum Gasteiger partial charge on any atom is 0.248 e. The monoisotopic (exact) mass is 226 g/mol. The number of carbonyl (C=O) groups excluding carboxylic acids is 2. The van der Waals surface area contributed by atoms with Crippen LogP contribution in [0.15, 0.2) is 0 Å². The fraction of sp³-hybridized carbons (Fsp3) is 0.818. The maximum absolute atomic E-state index is 12.1. The van der Waals surface area contributed by atoms with Crippen molar-refractivity contribution in [2.45, 2.75) is 38.3 Å². The molecule has 2 amide bonds. The summed E-state index contributed by atoms with van der Waals surface area (Å²) in [4.78, 5) is 25.3. The Kier molecular flexibility index (Phi) is 2.88. The predicted molar refractivity (Wildman–Crippen MR) is 57.8 cm³/mol. The molecular formula is C11H18N2O3. The van der Waals surface area contributed by atoms with E-state index in [-0.39, 0.29) is 24.4 Å². The fourth-order valence-electron chi connectivity index (χ4n) is 2.29. The Morgan fingerprint density at radius 3 is 2.81 bits per heavy atom. The lowest BCUT2D eigenvalue weighted by atomic mass is 9.97. The van der Waals surface area contributed by atoms with E-state index in [0.717, 1.165) is 19.4 Å². The third kappa shape index (κ3) is 2.04. The Morgan fingerprint density at radius 2 is 2.19 bits per heavy atom. The smallest absolute Gasteiger partial charge is 0.248 e. The molecule has 0 radical (unpaired) electrons. The van der Waals surface area contributed by atoms with Gasteiger partial charge in [0.15, 0.2) is 0 Å². The van der Waals surface area contributed by atoms with Crippen LogP contribution in [-0.4, -0.2) is 48.1 Å². The molecule has 0 saturated carbocycles. The molecule has 5 heteroatoms. The number of ether oxygens (including phenoxy) is 1. The summed E-state index contributed by atoms with van der Waals surface area (Å²) in [6.45, 7) is 4.95. The van der Waals surface area contributed by atoms with E-state index in [0.29, 0.717) is 6.61 Å². The van der Waals surface area contributed by atoms with Crippen molar-refractivity contribution in [1.29, 1.82) is 0 Å².